The maximum atomic E-state index is 5.72. The molecule has 2 aromatic rings. The van der Waals surface area contributed by atoms with E-state index in [1.54, 1.807) is 7.05 Å². The summed E-state index contributed by atoms with van der Waals surface area (Å²) in [5.74, 6) is 2.29. The molecule has 2 rings (SSSR count). The molecule has 0 aliphatic carbocycles. The van der Waals surface area contributed by atoms with E-state index in [1.165, 1.54) is 0 Å². The normalized spacial score (nSPS) is 12.1. The predicted molar refractivity (Wildman–Crippen MR) is 124 cm³/mol. The summed E-state index contributed by atoms with van der Waals surface area (Å²) in [5, 5.41) is 11.0. The van der Waals surface area contributed by atoms with Crippen LogP contribution >= 0.6 is 24.0 Å². The van der Waals surface area contributed by atoms with Gasteiger partial charge in [0.25, 0.3) is 0 Å². The number of ether oxygens (including phenoxy) is 2. The number of aryl methyl sites for hydroxylation is 1. The van der Waals surface area contributed by atoms with Gasteiger partial charge in [-0.1, -0.05) is 6.07 Å². The van der Waals surface area contributed by atoms with Crippen LogP contribution in [0.3, 0.4) is 0 Å². The first-order valence-electron chi connectivity index (χ1n) is 9.43. The maximum Gasteiger partial charge on any atom is 0.191 e. The van der Waals surface area contributed by atoms with Gasteiger partial charge in [0.05, 0.1) is 32.0 Å². The van der Waals surface area contributed by atoms with Crippen molar-refractivity contribution in [3.63, 3.8) is 0 Å². The van der Waals surface area contributed by atoms with E-state index >= 15 is 0 Å². The Balaban J connectivity index is 0.00000392. The first-order valence-corrected chi connectivity index (χ1v) is 9.43. The lowest BCUT2D eigenvalue weighted by Gasteiger charge is -2.20. The largest absolute Gasteiger partial charge is 0.490 e. The van der Waals surface area contributed by atoms with Crippen LogP contribution in [0.15, 0.2) is 35.6 Å². The predicted octanol–water partition coefficient (Wildman–Crippen LogP) is 3.53. The summed E-state index contributed by atoms with van der Waals surface area (Å²) in [6.45, 7) is 10.8. The molecule has 7 nitrogen and oxygen atoms in total. The van der Waals surface area contributed by atoms with Crippen LogP contribution in [0.25, 0.3) is 0 Å². The van der Waals surface area contributed by atoms with Crippen LogP contribution in [0.4, 0.5) is 0 Å². The first-order chi connectivity index (χ1) is 13.1. The number of halogens is 1. The summed E-state index contributed by atoms with van der Waals surface area (Å²) >= 11 is 0. The molecule has 0 saturated heterocycles. The Labute approximate surface area is 184 Å². The van der Waals surface area contributed by atoms with Crippen molar-refractivity contribution in [2.45, 2.75) is 40.3 Å². The molecule has 0 fully saturated rings. The van der Waals surface area contributed by atoms with Crippen molar-refractivity contribution in [2.24, 2.45) is 4.99 Å². The third kappa shape index (κ3) is 7.21. The number of nitrogens with zero attached hydrogens (tertiary/aromatic N) is 3. The molecule has 156 valence electrons. The van der Waals surface area contributed by atoms with Gasteiger partial charge in [-0.3, -0.25) is 9.67 Å². The van der Waals surface area contributed by atoms with Gasteiger partial charge in [0.1, 0.15) is 0 Å². The Morgan fingerprint density at radius 3 is 2.54 bits per heavy atom. The van der Waals surface area contributed by atoms with Gasteiger partial charge in [-0.25, -0.2) is 0 Å². The summed E-state index contributed by atoms with van der Waals surface area (Å²) in [4.78, 5) is 4.30. The molecule has 0 saturated carbocycles. The SMILES string of the molecule is CCOc1ccc(C(C)NC(=NC)NCCn2cc(C)cn2)cc1OCC.I. The van der Waals surface area contributed by atoms with Crippen molar-refractivity contribution < 1.29 is 9.47 Å². The van der Waals surface area contributed by atoms with Gasteiger partial charge >= 0.3 is 0 Å². The van der Waals surface area contributed by atoms with Gasteiger partial charge in [0.2, 0.25) is 0 Å². The lowest BCUT2D eigenvalue weighted by molar-refractivity contribution is 0.287. The second-order valence-corrected chi connectivity index (χ2v) is 6.22. The summed E-state index contributed by atoms with van der Waals surface area (Å²) in [6.07, 6.45) is 3.88. The molecule has 0 aliphatic heterocycles. The van der Waals surface area contributed by atoms with Crippen LogP contribution in [0, 0.1) is 6.92 Å². The molecule has 0 spiro atoms. The minimum Gasteiger partial charge on any atom is -0.490 e. The van der Waals surface area contributed by atoms with E-state index in [9.17, 15) is 0 Å². The lowest BCUT2D eigenvalue weighted by atomic mass is 10.1. The van der Waals surface area contributed by atoms with E-state index in [4.69, 9.17) is 9.47 Å². The molecular formula is C20H32IN5O2. The highest BCUT2D eigenvalue weighted by molar-refractivity contribution is 14.0. The monoisotopic (exact) mass is 501 g/mol. The van der Waals surface area contributed by atoms with Crippen molar-refractivity contribution in [3.8, 4) is 11.5 Å². The molecule has 2 N–H and O–H groups in total. The highest BCUT2D eigenvalue weighted by Crippen LogP contribution is 2.30. The van der Waals surface area contributed by atoms with E-state index in [1.807, 2.05) is 56.0 Å². The molecule has 1 aromatic heterocycles. The average molecular weight is 501 g/mol. The molecule has 1 heterocycles. The standard InChI is InChI=1S/C20H31N5O2.HI/c1-6-26-18-9-8-17(12-19(18)27-7-2)16(4)24-20(21-5)22-10-11-25-14-15(3)13-23-25;/h8-9,12-14,16H,6-7,10-11H2,1-5H3,(H2,21,22,24);1H. The van der Waals surface area contributed by atoms with Crippen LogP contribution in [0.2, 0.25) is 0 Å². The van der Waals surface area contributed by atoms with Gasteiger partial charge in [-0.2, -0.15) is 5.10 Å². The number of aliphatic imine (C=N–C) groups is 1. The smallest absolute Gasteiger partial charge is 0.191 e. The number of guanidine groups is 1. The summed E-state index contributed by atoms with van der Waals surface area (Å²) < 4.78 is 13.3. The minimum atomic E-state index is 0. The molecule has 28 heavy (non-hydrogen) atoms. The molecule has 0 amide bonds. The second kappa shape index (κ2) is 12.5. The molecule has 0 bridgehead atoms. The highest BCUT2D eigenvalue weighted by Gasteiger charge is 2.12. The number of benzene rings is 1. The average Bonchev–Trinajstić information content (AvgIpc) is 3.07. The third-order valence-corrected chi connectivity index (χ3v) is 4.04. The van der Waals surface area contributed by atoms with E-state index in [0.717, 1.165) is 41.7 Å². The van der Waals surface area contributed by atoms with Gasteiger partial charge in [0.15, 0.2) is 17.5 Å². The van der Waals surface area contributed by atoms with Crippen LogP contribution in [0.5, 0.6) is 11.5 Å². The van der Waals surface area contributed by atoms with Crippen LogP contribution in [-0.4, -0.2) is 42.5 Å². The van der Waals surface area contributed by atoms with Gasteiger partial charge in [0, 0.05) is 19.8 Å². The fraction of sp³-hybridized carbons (Fsp3) is 0.500. The Morgan fingerprint density at radius 2 is 1.93 bits per heavy atom. The zero-order valence-corrected chi connectivity index (χ0v) is 19.7. The Kier molecular flexibility index (Phi) is 10.7. The highest BCUT2D eigenvalue weighted by atomic mass is 127. The summed E-state index contributed by atoms with van der Waals surface area (Å²) in [6, 6.07) is 6.09. The number of hydrogen-bond acceptors (Lipinski definition) is 4. The Bertz CT molecular complexity index is 748. The van der Waals surface area contributed by atoms with Crippen LogP contribution < -0.4 is 20.1 Å². The number of rotatable bonds is 9. The zero-order valence-electron chi connectivity index (χ0n) is 17.4. The molecule has 1 aromatic carbocycles. The maximum absolute atomic E-state index is 5.72. The van der Waals surface area contributed by atoms with Crippen molar-refractivity contribution in [3.05, 3.63) is 41.7 Å². The number of hydrogen-bond donors (Lipinski definition) is 2. The van der Waals surface area contributed by atoms with E-state index < -0.39 is 0 Å². The van der Waals surface area contributed by atoms with Crippen LogP contribution in [0.1, 0.15) is 37.9 Å². The van der Waals surface area contributed by atoms with E-state index in [2.05, 4.69) is 27.6 Å². The topological polar surface area (TPSA) is 72.7 Å². The molecular weight excluding hydrogens is 469 g/mol. The first kappa shape index (κ1) is 24.1. The molecule has 1 atom stereocenters. The number of aromatic nitrogens is 2. The van der Waals surface area contributed by atoms with E-state index in [0.29, 0.717) is 13.2 Å². The second-order valence-electron chi connectivity index (χ2n) is 6.22. The minimum absolute atomic E-state index is 0. The van der Waals surface area contributed by atoms with Gasteiger partial charge in [-0.15, -0.1) is 24.0 Å². The van der Waals surface area contributed by atoms with E-state index in [-0.39, 0.29) is 30.0 Å². The molecule has 1 unspecified atom stereocenters. The van der Waals surface area contributed by atoms with Gasteiger partial charge in [-0.05, 0) is 51.0 Å². The van der Waals surface area contributed by atoms with Crippen molar-refractivity contribution in [1.82, 2.24) is 20.4 Å². The van der Waals surface area contributed by atoms with Gasteiger partial charge < -0.3 is 20.1 Å². The quantitative estimate of drug-likeness (QED) is 0.313. The summed E-state index contributed by atoms with van der Waals surface area (Å²) in [7, 11) is 1.77. The third-order valence-electron chi connectivity index (χ3n) is 4.04. The molecule has 0 aliphatic rings. The zero-order chi connectivity index (χ0) is 19.6. The number of nitrogens with one attached hydrogen (secondary N) is 2. The van der Waals surface area contributed by atoms with Crippen LogP contribution in [-0.2, 0) is 6.54 Å². The Hall–Kier alpha value is -1.97. The molecule has 8 heteroatoms. The van der Waals surface area contributed by atoms with Crippen molar-refractivity contribution >= 4 is 29.9 Å². The lowest BCUT2D eigenvalue weighted by Crippen LogP contribution is -2.40. The fourth-order valence-corrected chi connectivity index (χ4v) is 2.70. The Morgan fingerprint density at radius 1 is 1.21 bits per heavy atom. The van der Waals surface area contributed by atoms with Crippen molar-refractivity contribution in [2.75, 3.05) is 26.8 Å². The summed E-state index contributed by atoms with van der Waals surface area (Å²) in [5.41, 5.74) is 2.26. The fourth-order valence-electron chi connectivity index (χ4n) is 2.70. The van der Waals surface area contributed by atoms with Crippen molar-refractivity contribution in [1.29, 1.82) is 0 Å². The molecule has 0 radical (unpaired) electrons.